The Morgan fingerprint density at radius 3 is 2.15 bits per heavy atom. The van der Waals surface area contributed by atoms with Gasteiger partial charge in [-0.25, -0.2) is 4.31 Å². The summed E-state index contributed by atoms with van der Waals surface area (Å²) in [5.74, 6) is -0.989. The van der Waals surface area contributed by atoms with Crippen molar-refractivity contribution < 1.29 is 26.4 Å². The van der Waals surface area contributed by atoms with Crippen LogP contribution in [0.3, 0.4) is 0 Å². The van der Waals surface area contributed by atoms with E-state index in [9.17, 15) is 26.4 Å². The molecular formula is C5H6F3NO3S. The Labute approximate surface area is 72.4 Å². The number of hydrogen-bond acceptors (Lipinski definition) is 3. The lowest BCUT2D eigenvalue weighted by molar-refractivity contribution is -0.125. The lowest BCUT2D eigenvalue weighted by Crippen LogP contribution is -2.41. The average Bonchev–Trinajstić information content (AvgIpc) is 2.32. The van der Waals surface area contributed by atoms with E-state index in [1.165, 1.54) is 0 Å². The van der Waals surface area contributed by atoms with Crippen molar-refractivity contribution in [1.82, 2.24) is 4.31 Å². The fraction of sp³-hybridized carbons (Fsp3) is 0.800. The highest BCUT2D eigenvalue weighted by molar-refractivity contribution is 7.90. The number of alkyl halides is 3. The molecule has 1 saturated heterocycles. The van der Waals surface area contributed by atoms with Crippen molar-refractivity contribution in [3.8, 4) is 0 Å². The van der Waals surface area contributed by atoms with Crippen LogP contribution in [-0.2, 0) is 14.8 Å². The van der Waals surface area contributed by atoms with Gasteiger partial charge in [-0.05, 0) is 6.42 Å². The highest BCUT2D eigenvalue weighted by Gasteiger charge is 2.52. The molecule has 0 aromatic carbocycles. The average molecular weight is 217 g/mol. The Hall–Kier alpha value is -0.790. The third-order valence-corrected chi connectivity index (χ3v) is 3.16. The minimum atomic E-state index is -5.44. The van der Waals surface area contributed by atoms with Gasteiger partial charge >= 0.3 is 15.5 Å². The van der Waals surface area contributed by atoms with E-state index in [0.29, 0.717) is 0 Å². The predicted octanol–water partition coefficient (Wildman–Crippen LogP) is 0.458. The predicted molar refractivity (Wildman–Crippen MR) is 35.9 cm³/mol. The quantitative estimate of drug-likeness (QED) is 0.641. The van der Waals surface area contributed by atoms with Gasteiger partial charge in [0, 0.05) is 13.0 Å². The van der Waals surface area contributed by atoms with Crippen LogP contribution in [0.15, 0.2) is 0 Å². The number of halogens is 3. The van der Waals surface area contributed by atoms with E-state index in [1.54, 1.807) is 0 Å². The van der Waals surface area contributed by atoms with E-state index in [4.69, 9.17) is 0 Å². The van der Waals surface area contributed by atoms with Crippen LogP contribution in [0.4, 0.5) is 13.2 Å². The molecular weight excluding hydrogens is 211 g/mol. The van der Waals surface area contributed by atoms with Gasteiger partial charge in [0.1, 0.15) is 0 Å². The summed E-state index contributed by atoms with van der Waals surface area (Å²) in [6.07, 6.45) is 0.00343. The molecule has 1 fully saturated rings. The van der Waals surface area contributed by atoms with Crippen molar-refractivity contribution >= 4 is 15.9 Å². The Morgan fingerprint density at radius 2 is 1.85 bits per heavy atom. The normalized spacial score (nSPS) is 19.6. The lowest BCUT2D eigenvalue weighted by atomic mass is 10.4. The van der Waals surface area contributed by atoms with Gasteiger partial charge < -0.3 is 0 Å². The largest absolute Gasteiger partial charge is 0.516 e. The maximum absolute atomic E-state index is 11.9. The van der Waals surface area contributed by atoms with Crippen LogP contribution in [0.5, 0.6) is 0 Å². The molecule has 0 bridgehead atoms. The summed E-state index contributed by atoms with van der Waals surface area (Å²) in [6.45, 7) is -0.374. The van der Waals surface area contributed by atoms with Gasteiger partial charge in [0.2, 0.25) is 5.91 Å². The summed E-state index contributed by atoms with van der Waals surface area (Å²) in [5.41, 5.74) is -5.38. The first-order chi connectivity index (χ1) is 5.77. The summed E-state index contributed by atoms with van der Waals surface area (Å²) in [4.78, 5) is 10.7. The van der Waals surface area contributed by atoms with E-state index < -0.39 is 21.4 Å². The van der Waals surface area contributed by atoms with E-state index in [1.807, 2.05) is 0 Å². The monoisotopic (exact) mass is 217 g/mol. The number of sulfonamides is 1. The smallest absolute Gasteiger partial charge is 0.274 e. The highest BCUT2D eigenvalue weighted by Crippen LogP contribution is 2.29. The van der Waals surface area contributed by atoms with E-state index in [0.717, 1.165) is 0 Å². The van der Waals surface area contributed by atoms with Crippen LogP contribution >= 0.6 is 0 Å². The maximum Gasteiger partial charge on any atom is 0.516 e. The molecule has 0 atom stereocenters. The number of rotatable bonds is 1. The standard InChI is InChI=1S/C5H6F3NO3S/c6-5(7,8)13(11,12)9-3-1-2-4(9)10/h1-3H2. The van der Waals surface area contributed by atoms with Crippen molar-refractivity contribution in [2.45, 2.75) is 18.3 Å². The summed E-state index contributed by atoms with van der Waals surface area (Å²) in [6, 6.07) is 0. The SMILES string of the molecule is O=C1CCCN1S(=O)(=O)C(F)(F)F. The van der Waals surface area contributed by atoms with E-state index in [2.05, 4.69) is 0 Å². The zero-order valence-corrected chi connectivity index (χ0v) is 7.15. The lowest BCUT2D eigenvalue weighted by Gasteiger charge is -2.17. The third-order valence-electron chi connectivity index (χ3n) is 1.61. The van der Waals surface area contributed by atoms with Gasteiger partial charge in [-0.1, -0.05) is 0 Å². The molecule has 0 aromatic heterocycles. The number of amides is 1. The molecule has 13 heavy (non-hydrogen) atoms. The second-order valence-electron chi connectivity index (χ2n) is 2.52. The Bertz CT molecular complexity index is 320. The third kappa shape index (κ3) is 1.62. The van der Waals surface area contributed by atoms with Gasteiger partial charge in [-0.15, -0.1) is 0 Å². The topological polar surface area (TPSA) is 54.5 Å². The van der Waals surface area contributed by atoms with Crippen LogP contribution in [0.1, 0.15) is 12.8 Å². The molecule has 0 N–H and O–H groups in total. The summed E-state index contributed by atoms with van der Waals surface area (Å²) in [7, 11) is -5.44. The maximum atomic E-state index is 11.9. The molecule has 1 amide bonds. The highest BCUT2D eigenvalue weighted by atomic mass is 32.2. The molecule has 1 rings (SSSR count). The van der Waals surface area contributed by atoms with E-state index >= 15 is 0 Å². The van der Waals surface area contributed by atoms with Gasteiger partial charge in [0.15, 0.2) is 0 Å². The summed E-state index contributed by atoms with van der Waals surface area (Å²) >= 11 is 0. The van der Waals surface area contributed by atoms with Crippen molar-refractivity contribution in [3.05, 3.63) is 0 Å². The van der Waals surface area contributed by atoms with Gasteiger partial charge in [0.25, 0.3) is 0 Å². The molecule has 0 spiro atoms. The summed E-state index contributed by atoms with van der Waals surface area (Å²) < 4.78 is 56.8. The Balaban J connectivity index is 3.01. The van der Waals surface area contributed by atoms with E-state index in [-0.39, 0.29) is 23.7 Å². The zero-order chi connectivity index (χ0) is 10.3. The second-order valence-corrected chi connectivity index (χ2v) is 4.37. The first-order valence-corrected chi connectivity index (χ1v) is 4.82. The van der Waals surface area contributed by atoms with Crippen LogP contribution in [0.2, 0.25) is 0 Å². The minimum Gasteiger partial charge on any atom is -0.274 e. The first-order valence-electron chi connectivity index (χ1n) is 3.38. The molecule has 8 heteroatoms. The molecule has 1 heterocycles. The Kier molecular flexibility index (Phi) is 2.27. The van der Waals surface area contributed by atoms with Crippen molar-refractivity contribution in [2.75, 3.05) is 6.54 Å². The molecule has 4 nitrogen and oxygen atoms in total. The van der Waals surface area contributed by atoms with Crippen LogP contribution in [0, 0.1) is 0 Å². The molecule has 0 aliphatic carbocycles. The van der Waals surface area contributed by atoms with Crippen LogP contribution in [-0.4, -0.2) is 30.7 Å². The van der Waals surface area contributed by atoms with Crippen LogP contribution in [0.25, 0.3) is 0 Å². The summed E-state index contributed by atoms with van der Waals surface area (Å²) in [5, 5.41) is 0. The first kappa shape index (κ1) is 10.3. The van der Waals surface area contributed by atoms with Gasteiger partial charge in [-0.3, -0.25) is 4.79 Å². The van der Waals surface area contributed by atoms with Crippen molar-refractivity contribution in [2.24, 2.45) is 0 Å². The second kappa shape index (κ2) is 2.86. The molecule has 0 saturated carbocycles. The molecule has 0 unspecified atom stereocenters. The number of carbonyl (C=O) groups excluding carboxylic acids is 1. The minimum absolute atomic E-state index is 0.118. The molecule has 76 valence electrons. The number of carbonyl (C=O) groups is 1. The van der Waals surface area contributed by atoms with Crippen LogP contribution < -0.4 is 0 Å². The van der Waals surface area contributed by atoms with Gasteiger partial charge in [-0.2, -0.15) is 21.6 Å². The fourth-order valence-electron chi connectivity index (χ4n) is 1.00. The van der Waals surface area contributed by atoms with Crippen molar-refractivity contribution in [3.63, 3.8) is 0 Å². The molecule has 1 aliphatic heterocycles. The number of hydrogen-bond donors (Lipinski definition) is 0. The molecule has 0 aromatic rings. The van der Waals surface area contributed by atoms with Gasteiger partial charge in [0.05, 0.1) is 0 Å². The van der Waals surface area contributed by atoms with Crippen molar-refractivity contribution in [1.29, 1.82) is 0 Å². The fourth-order valence-corrected chi connectivity index (χ4v) is 1.98. The Morgan fingerprint density at radius 1 is 1.31 bits per heavy atom. The molecule has 0 radical (unpaired) electrons. The zero-order valence-electron chi connectivity index (χ0n) is 6.34. The molecule has 1 aliphatic rings. The number of nitrogens with zero attached hydrogens (tertiary/aromatic N) is 1.